The smallest absolute Gasteiger partial charge is 0.272 e. The van der Waals surface area contributed by atoms with E-state index in [1.807, 2.05) is 6.92 Å². The molecule has 0 aliphatic heterocycles. The van der Waals surface area contributed by atoms with E-state index in [9.17, 15) is 14.5 Å². The number of rotatable bonds is 6. The molecule has 1 aromatic rings. The number of nitrogens with one attached hydrogen (secondary N) is 1. The van der Waals surface area contributed by atoms with Crippen LogP contribution in [0.1, 0.15) is 19.8 Å². The summed E-state index contributed by atoms with van der Waals surface area (Å²) < 4.78 is 13.5. The standard InChI is InChI=1S/C11H15FN2O3/c1-2-8(5-6-15)13-11-4-3-9(14(16)17)7-10(11)12/h3-4,7-8,13,15H,2,5-6H2,1H3. The first-order chi connectivity index (χ1) is 8.08. The third-order valence-electron chi connectivity index (χ3n) is 2.49. The molecule has 1 rings (SSSR count). The van der Waals surface area contributed by atoms with E-state index in [2.05, 4.69) is 5.32 Å². The summed E-state index contributed by atoms with van der Waals surface area (Å²) in [5.74, 6) is -0.657. The Morgan fingerprint density at radius 3 is 2.76 bits per heavy atom. The largest absolute Gasteiger partial charge is 0.396 e. The minimum Gasteiger partial charge on any atom is -0.396 e. The summed E-state index contributed by atoms with van der Waals surface area (Å²) in [6, 6.07) is 3.43. The van der Waals surface area contributed by atoms with Gasteiger partial charge >= 0.3 is 0 Å². The van der Waals surface area contributed by atoms with Gasteiger partial charge in [-0.05, 0) is 18.9 Å². The van der Waals surface area contributed by atoms with Crippen molar-refractivity contribution in [3.8, 4) is 0 Å². The highest BCUT2D eigenvalue weighted by molar-refractivity contribution is 5.50. The molecule has 17 heavy (non-hydrogen) atoms. The van der Waals surface area contributed by atoms with Gasteiger partial charge in [-0.2, -0.15) is 0 Å². The topological polar surface area (TPSA) is 75.4 Å². The zero-order valence-electron chi connectivity index (χ0n) is 9.52. The molecule has 2 N–H and O–H groups in total. The fourth-order valence-electron chi connectivity index (χ4n) is 1.49. The molecule has 0 aliphatic rings. The molecule has 94 valence electrons. The number of non-ortho nitro benzene ring substituents is 1. The average Bonchev–Trinajstić information content (AvgIpc) is 2.30. The predicted octanol–water partition coefficient (Wildman–Crippen LogP) is 2.31. The number of nitro benzene ring substituents is 1. The minimum absolute atomic E-state index is 0.0140. The van der Waals surface area contributed by atoms with Crippen LogP contribution in [-0.2, 0) is 0 Å². The summed E-state index contributed by atoms with van der Waals surface area (Å²) in [5.41, 5.74) is -0.0563. The lowest BCUT2D eigenvalue weighted by atomic mass is 10.1. The number of aliphatic hydroxyl groups is 1. The number of benzene rings is 1. The first-order valence-corrected chi connectivity index (χ1v) is 5.39. The van der Waals surface area contributed by atoms with Gasteiger partial charge in [-0.25, -0.2) is 4.39 Å². The lowest BCUT2D eigenvalue weighted by molar-refractivity contribution is -0.385. The van der Waals surface area contributed by atoms with Crippen LogP contribution < -0.4 is 5.32 Å². The quantitative estimate of drug-likeness (QED) is 0.593. The van der Waals surface area contributed by atoms with Crippen molar-refractivity contribution in [1.29, 1.82) is 0 Å². The molecule has 0 aromatic heterocycles. The lowest BCUT2D eigenvalue weighted by Crippen LogP contribution is -2.20. The van der Waals surface area contributed by atoms with Gasteiger partial charge in [-0.15, -0.1) is 0 Å². The molecule has 6 heteroatoms. The molecule has 0 spiro atoms. The number of nitro groups is 1. The van der Waals surface area contributed by atoms with Crippen molar-refractivity contribution >= 4 is 11.4 Å². The van der Waals surface area contributed by atoms with Gasteiger partial charge in [0, 0.05) is 18.7 Å². The predicted molar refractivity (Wildman–Crippen MR) is 62.5 cm³/mol. The van der Waals surface area contributed by atoms with E-state index in [1.165, 1.54) is 12.1 Å². The summed E-state index contributed by atoms with van der Waals surface area (Å²) in [4.78, 5) is 9.79. The molecule has 0 aliphatic carbocycles. The third-order valence-corrected chi connectivity index (χ3v) is 2.49. The van der Waals surface area contributed by atoms with Crippen LogP contribution in [0.25, 0.3) is 0 Å². The highest BCUT2D eigenvalue weighted by atomic mass is 19.1. The number of aliphatic hydroxyl groups excluding tert-OH is 1. The number of hydrogen-bond acceptors (Lipinski definition) is 4. The molecule has 0 saturated carbocycles. The van der Waals surface area contributed by atoms with Crippen LogP contribution in [-0.4, -0.2) is 22.7 Å². The molecule has 0 amide bonds. The van der Waals surface area contributed by atoms with Crippen molar-refractivity contribution in [2.24, 2.45) is 0 Å². The fraction of sp³-hybridized carbons (Fsp3) is 0.455. The van der Waals surface area contributed by atoms with Gasteiger partial charge in [0.1, 0.15) is 0 Å². The van der Waals surface area contributed by atoms with Gasteiger partial charge in [0.05, 0.1) is 16.7 Å². The van der Waals surface area contributed by atoms with Gasteiger partial charge in [-0.1, -0.05) is 6.92 Å². The summed E-state index contributed by atoms with van der Waals surface area (Å²) >= 11 is 0. The molecule has 1 atom stereocenters. The first-order valence-electron chi connectivity index (χ1n) is 5.39. The van der Waals surface area contributed by atoms with Crippen LogP contribution >= 0.6 is 0 Å². The Morgan fingerprint density at radius 2 is 2.29 bits per heavy atom. The number of hydrogen-bond donors (Lipinski definition) is 2. The second-order valence-electron chi connectivity index (χ2n) is 3.68. The van der Waals surface area contributed by atoms with E-state index >= 15 is 0 Å². The van der Waals surface area contributed by atoms with Crippen LogP contribution in [0.15, 0.2) is 18.2 Å². The Hall–Kier alpha value is -1.69. The first kappa shape index (κ1) is 13.4. The van der Waals surface area contributed by atoms with Crippen molar-refractivity contribution in [3.05, 3.63) is 34.1 Å². The molecule has 0 bridgehead atoms. The zero-order valence-corrected chi connectivity index (χ0v) is 9.52. The SMILES string of the molecule is CCC(CCO)Nc1ccc([N+](=O)[O-])cc1F. The Balaban J connectivity index is 2.81. The Kier molecular flexibility index (Phi) is 4.84. The molecule has 1 aromatic carbocycles. The Bertz CT molecular complexity index is 398. The van der Waals surface area contributed by atoms with Crippen LogP contribution in [0, 0.1) is 15.9 Å². The van der Waals surface area contributed by atoms with Crippen molar-refractivity contribution < 1.29 is 14.4 Å². The second-order valence-corrected chi connectivity index (χ2v) is 3.68. The van der Waals surface area contributed by atoms with E-state index in [0.717, 1.165) is 12.5 Å². The summed E-state index contributed by atoms with van der Waals surface area (Å²) in [7, 11) is 0. The number of halogens is 1. The maximum absolute atomic E-state index is 13.5. The van der Waals surface area contributed by atoms with E-state index in [4.69, 9.17) is 5.11 Å². The summed E-state index contributed by atoms with van der Waals surface area (Å²) in [6.45, 7) is 1.93. The number of nitrogens with zero attached hydrogens (tertiary/aromatic N) is 1. The van der Waals surface area contributed by atoms with Crippen LogP contribution in [0.5, 0.6) is 0 Å². The van der Waals surface area contributed by atoms with Gasteiger partial charge in [0.15, 0.2) is 5.82 Å². The van der Waals surface area contributed by atoms with E-state index in [0.29, 0.717) is 6.42 Å². The normalized spacial score (nSPS) is 12.2. The van der Waals surface area contributed by atoms with E-state index in [-0.39, 0.29) is 24.0 Å². The average molecular weight is 242 g/mol. The summed E-state index contributed by atoms with van der Waals surface area (Å²) in [5, 5.41) is 22.1. The van der Waals surface area contributed by atoms with Gasteiger partial charge in [0.25, 0.3) is 5.69 Å². The van der Waals surface area contributed by atoms with Crippen LogP contribution in [0.3, 0.4) is 0 Å². The molecular formula is C11H15FN2O3. The van der Waals surface area contributed by atoms with Crippen LogP contribution in [0.4, 0.5) is 15.8 Å². The lowest BCUT2D eigenvalue weighted by Gasteiger charge is -2.17. The Labute approximate surface area is 98.4 Å². The second kappa shape index (κ2) is 6.15. The summed E-state index contributed by atoms with van der Waals surface area (Å²) in [6.07, 6.45) is 1.24. The molecule has 0 heterocycles. The highest BCUT2D eigenvalue weighted by Gasteiger charge is 2.13. The molecule has 5 nitrogen and oxygen atoms in total. The highest BCUT2D eigenvalue weighted by Crippen LogP contribution is 2.21. The van der Waals surface area contributed by atoms with Crippen LogP contribution in [0.2, 0.25) is 0 Å². The minimum atomic E-state index is -0.657. The molecule has 1 unspecified atom stereocenters. The molecule has 0 radical (unpaired) electrons. The van der Waals surface area contributed by atoms with Crippen molar-refractivity contribution in [2.45, 2.75) is 25.8 Å². The molecule has 0 fully saturated rings. The monoisotopic (exact) mass is 242 g/mol. The maximum atomic E-state index is 13.5. The van der Waals surface area contributed by atoms with Gasteiger partial charge in [-0.3, -0.25) is 10.1 Å². The zero-order chi connectivity index (χ0) is 12.8. The molecule has 0 saturated heterocycles. The van der Waals surface area contributed by atoms with Crippen molar-refractivity contribution in [1.82, 2.24) is 0 Å². The van der Waals surface area contributed by atoms with Crippen molar-refractivity contribution in [3.63, 3.8) is 0 Å². The van der Waals surface area contributed by atoms with Gasteiger partial charge in [0.2, 0.25) is 0 Å². The number of anilines is 1. The van der Waals surface area contributed by atoms with E-state index in [1.54, 1.807) is 0 Å². The fourth-order valence-corrected chi connectivity index (χ4v) is 1.49. The maximum Gasteiger partial charge on any atom is 0.272 e. The Morgan fingerprint density at radius 1 is 1.59 bits per heavy atom. The third kappa shape index (κ3) is 3.67. The van der Waals surface area contributed by atoms with Crippen molar-refractivity contribution in [2.75, 3.05) is 11.9 Å². The molecular weight excluding hydrogens is 227 g/mol. The van der Waals surface area contributed by atoms with Gasteiger partial charge < -0.3 is 10.4 Å². The van der Waals surface area contributed by atoms with E-state index < -0.39 is 10.7 Å².